The number of fused-ring (bicyclic) bond motifs is 1. The highest BCUT2D eigenvalue weighted by Crippen LogP contribution is 2.39. The molecule has 1 aliphatic heterocycles. The molecule has 1 aromatic heterocycles. The van der Waals surface area contributed by atoms with Gasteiger partial charge in [0.1, 0.15) is 5.00 Å². The standard InChI is InChI=1S/C24H30N4O3S/c1-15-3-8-19-20(13-15)32-24(22(19)23(25)31)26-21(30)14-27-9-11-28(12-10-27)18-6-4-17(5-7-18)16(2)29/h4-7,15H,3,8-14H2,1-2H3,(H2,25,31)(H,26,30). The van der Waals surface area contributed by atoms with Gasteiger partial charge < -0.3 is 16.0 Å². The first-order chi connectivity index (χ1) is 15.3. The monoisotopic (exact) mass is 454 g/mol. The summed E-state index contributed by atoms with van der Waals surface area (Å²) in [5.41, 5.74) is 8.99. The Hall–Kier alpha value is -2.71. The summed E-state index contributed by atoms with van der Waals surface area (Å²) in [7, 11) is 0. The van der Waals surface area contributed by atoms with E-state index in [0.29, 0.717) is 22.0 Å². The zero-order valence-corrected chi connectivity index (χ0v) is 19.5. The topological polar surface area (TPSA) is 95.7 Å². The van der Waals surface area contributed by atoms with Gasteiger partial charge in [-0.05, 0) is 61.9 Å². The van der Waals surface area contributed by atoms with Gasteiger partial charge in [-0.1, -0.05) is 6.92 Å². The van der Waals surface area contributed by atoms with Gasteiger partial charge in [0.15, 0.2) is 5.78 Å². The van der Waals surface area contributed by atoms with Gasteiger partial charge in [-0.25, -0.2) is 0 Å². The molecule has 0 radical (unpaired) electrons. The molecular formula is C24H30N4O3S. The number of amides is 2. The van der Waals surface area contributed by atoms with E-state index in [1.54, 1.807) is 6.92 Å². The normalized spacial score (nSPS) is 18.8. The fourth-order valence-corrected chi connectivity index (χ4v) is 5.97. The molecule has 1 aliphatic carbocycles. The Morgan fingerprint density at radius 2 is 1.81 bits per heavy atom. The van der Waals surface area contributed by atoms with Crippen LogP contribution in [0.25, 0.3) is 0 Å². The second-order valence-electron chi connectivity index (χ2n) is 8.83. The van der Waals surface area contributed by atoms with Crippen LogP contribution < -0.4 is 16.0 Å². The summed E-state index contributed by atoms with van der Waals surface area (Å²) >= 11 is 1.50. The number of Topliss-reactive ketones (excluding diaryl/α,β-unsaturated/α-hetero) is 1. The van der Waals surface area contributed by atoms with Gasteiger partial charge in [-0.15, -0.1) is 11.3 Å². The lowest BCUT2D eigenvalue weighted by Gasteiger charge is -2.35. The minimum Gasteiger partial charge on any atom is -0.369 e. The maximum atomic E-state index is 12.7. The van der Waals surface area contributed by atoms with Gasteiger partial charge in [0.2, 0.25) is 5.91 Å². The molecule has 2 aromatic rings. The lowest BCUT2D eigenvalue weighted by molar-refractivity contribution is -0.117. The largest absolute Gasteiger partial charge is 0.369 e. The molecule has 2 aliphatic rings. The molecule has 170 valence electrons. The Morgan fingerprint density at radius 3 is 2.44 bits per heavy atom. The number of carbonyl (C=O) groups excluding carboxylic acids is 3. The summed E-state index contributed by atoms with van der Waals surface area (Å²) in [6, 6.07) is 7.66. The maximum absolute atomic E-state index is 12.7. The quantitative estimate of drug-likeness (QED) is 0.655. The van der Waals surface area contributed by atoms with E-state index in [-0.39, 0.29) is 18.2 Å². The summed E-state index contributed by atoms with van der Waals surface area (Å²) in [4.78, 5) is 41.8. The average Bonchev–Trinajstić information content (AvgIpc) is 3.11. The van der Waals surface area contributed by atoms with Crippen LogP contribution in [0.15, 0.2) is 24.3 Å². The first-order valence-electron chi connectivity index (χ1n) is 11.1. The molecule has 7 nitrogen and oxygen atoms in total. The number of hydrogen-bond donors (Lipinski definition) is 2. The number of thiophene rings is 1. The first kappa shape index (κ1) is 22.5. The number of rotatable bonds is 6. The Morgan fingerprint density at radius 1 is 1.12 bits per heavy atom. The van der Waals surface area contributed by atoms with Crippen LogP contribution in [0.5, 0.6) is 0 Å². The van der Waals surface area contributed by atoms with E-state index >= 15 is 0 Å². The molecule has 8 heteroatoms. The lowest BCUT2D eigenvalue weighted by atomic mass is 9.88. The molecule has 1 aromatic carbocycles. The zero-order valence-electron chi connectivity index (χ0n) is 18.6. The number of piperazine rings is 1. The van der Waals surface area contributed by atoms with Crippen molar-refractivity contribution < 1.29 is 14.4 Å². The first-order valence-corrected chi connectivity index (χ1v) is 12.0. The number of benzene rings is 1. The molecule has 2 heterocycles. The SMILES string of the molecule is CC(=O)c1ccc(N2CCN(CC(=O)Nc3sc4c(c3C(N)=O)CCC(C)C4)CC2)cc1. The van der Waals surface area contributed by atoms with Crippen molar-refractivity contribution in [2.24, 2.45) is 11.7 Å². The number of nitrogens with one attached hydrogen (secondary N) is 1. The highest BCUT2D eigenvalue weighted by atomic mass is 32.1. The Kier molecular flexibility index (Phi) is 6.62. The number of primary amides is 1. The number of ketones is 1. The molecule has 0 saturated carbocycles. The molecule has 4 rings (SSSR count). The number of nitrogens with zero attached hydrogens (tertiary/aromatic N) is 2. The van der Waals surface area contributed by atoms with Crippen LogP contribution >= 0.6 is 11.3 Å². The maximum Gasteiger partial charge on any atom is 0.251 e. The number of nitrogens with two attached hydrogens (primary N) is 1. The van der Waals surface area contributed by atoms with E-state index in [2.05, 4.69) is 22.0 Å². The zero-order chi connectivity index (χ0) is 22.8. The van der Waals surface area contributed by atoms with Crippen molar-refractivity contribution in [1.82, 2.24) is 4.90 Å². The Bertz CT molecular complexity index is 1020. The summed E-state index contributed by atoms with van der Waals surface area (Å²) in [6.07, 6.45) is 2.82. The van der Waals surface area contributed by atoms with E-state index in [9.17, 15) is 14.4 Å². The molecule has 1 atom stereocenters. The molecular weight excluding hydrogens is 424 g/mol. The van der Waals surface area contributed by atoms with Crippen LogP contribution in [0.4, 0.5) is 10.7 Å². The molecule has 0 spiro atoms. The summed E-state index contributed by atoms with van der Waals surface area (Å²) in [6.45, 7) is 7.22. The van der Waals surface area contributed by atoms with Crippen molar-refractivity contribution in [3.8, 4) is 0 Å². The van der Waals surface area contributed by atoms with Gasteiger partial charge in [-0.3, -0.25) is 19.3 Å². The number of hydrogen-bond acceptors (Lipinski definition) is 6. The molecule has 1 fully saturated rings. The fourth-order valence-electron chi connectivity index (χ4n) is 4.54. The molecule has 1 unspecified atom stereocenters. The third-order valence-electron chi connectivity index (χ3n) is 6.39. The van der Waals surface area contributed by atoms with Crippen LogP contribution in [-0.2, 0) is 17.6 Å². The molecule has 2 amide bonds. The van der Waals surface area contributed by atoms with Crippen molar-refractivity contribution in [2.45, 2.75) is 33.1 Å². The highest BCUT2D eigenvalue weighted by Gasteiger charge is 2.28. The van der Waals surface area contributed by atoms with Crippen LogP contribution in [-0.4, -0.2) is 55.2 Å². The Labute approximate surface area is 192 Å². The van der Waals surface area contributed by atoms with Gasteiger partial charge >= 0.3 is 0 Å². The van der Waals surface area contributed by atoms with Gasteiger partial charge in [0, 0.05) is 42.3 Å². The minimum absolute atomic E-state index is 0.0629. The summed E-state index contributed by atoms with van der Waals surface area (Å²) < 4.78 is 0. The van der Waals surface area contributed by atoms with Crippen LogP contribution in [0.3, 0.4) is 0 Å². The van der Waals surface area contributed by atoms with E-state index < -0.39 is 5.91 Å². The van der Waals surface area contributed by atoms with E-state index in [1.807, 2.05) is 24.3 Å². The van der Waals surface area contributed by atoms with Crippen molar-refractivity contribution >= 4 is 39.6 Å². The van der Waals surface area contributed by atoms with E-state index in [4.69, 9.17) is 5.73 Å². The van der Waals surface area contributed by atoms with Crippen molar-refractivity contribution in [2.75, 3.05) is 42.9 Å². The third kappa shape index (κ3) is 4.86. The summed E-state index contributed by atoms with van der Waals surface area (Å²) in [5.74, 6) is 0.0727. The fraction of sp³-hybridized carbons (Fsp3) is 0.458. The van der Waals surface area contributed by atoms with Crippen LogP contribution in [0.1, 0.15) is 51.4 Å². The predicted octanol–water partition coefficient (Wildman–Crippen LogP) is 2.94. The average molecular weight is 455 g/mol. The molecule has 32 heavy (non-hydrogen) atoms. The van der Waals surface area contributed by atoms with Gasteiger partial charge in [-0.2, -0.15) is 0 Å². The molecule has 0 bridgehead atoms. The minimum atomic E-state index is -0.461. The predicted molar refractivity (Wildman–Crippen MR) is 128 cm³/mol. The number of carbonyl (C=O) groups is 3. The third-order valence-corrected chi connectivity index (χ3v) is 7.56. The lowest BCUT2D eigenvalue weighted by Crippen LogP contribution is -2.48. The van der Waals surface area contributed by atoms with Crippen molar-refractivity contribution in [3.63, 3.8) is 0 Å². The second-order valence-corrected chi connectivity index (χ2v) is 9.94. The smallest absolute Gasteiger partial charge is 0.251 e. The summed E-state index contributed by atoms with van der Waals surface area (Å²) in [5, 5.41) is 3.57. The van der Waals surface area contributed by atoms with Crippen molar-refractivity contribution in [1.29, 1.82) is 0 Å². The van der Waals surface area contributed by atoms with Crippen molar-refractivity contribution in [3.05, 3.63) is 45.8 Å². The number of anilines is 2. The van der Waals surface area contributed by atoms with E-state index in [1.165, 1.54) is 16.2 Å². The van der Waals surface area contributed by atoms with Crippen LogP contribution in [0.2, 0.25) is 0 Å². The highest BCUT2D eigenvalue weighted by molar-refractivity contribution is 7.17. The van der Waals surface area contributed by atoms with Crippen LogP contribution in [0, 0.1) is 5.92 Å². The van der Waals surface area contributed by atoms with Gasteiger partial charge in [0.05, 0.1) is 12.1 Å². The van der Waals surface area contributed by atoms with E-state index in [0.717, 1.165) is 56.7 Å². The second kappa shape index (κ2) is 9.42. The molecule has 3 N–H and O–H groups in total. The molecule has 1 saturated heterocycles. The van der Waals surface area contributed by atoms with Gasteiger partial charge in [0.25, 0.3) is 5.91 Å². The Balaban J connectivity index is 1.34.